The number of carbonyl (C=O) groups excluding carboxylic acids is 1. The Morgan fingerprint density at radius 1 is 1.15 bits per heavy atom. The molecule has 0 unspecified atom stereocenters. The molecule has 0 spiro atoms. The molecule has 0 saturated heterocycles. The SMILES string of the molecule is O=C(NCCc1ccccc1Br)Nc1cccc(O)c1. The van der Waals surface area contributed by atoms with Gasteiger partial charge in [-0.25, -0.2) is 4.79 Å². The average Bonchev–Trinajstić information content (AvgIpc) is 2.41. The van der Waals surface area contributed by atoms with Gasteiger partial charge in [-0.3, -0.25) is 0 Å². The lowest BCUT2D eigenvalue weighted by atomic mass is 10.1. The molecule has 0 heterocycles. The molecule has 4 nitrogen and oxygen atoms in total. The molecule has 3 N–H and O–H groups in total. The second-order valence-electron chi connectivity index (χ2n) is 4.27. The number of rotatable bonds is 4. The first-order valence-electron chi connectivity index (χ1n) is 6.22. The Morgan fingerprint density at radius 2 is 1.95 bits per heavy atom. The Hall–Kier alpha value is -2.01. The molecule has 2 aromatic carbocycles. The molecule has 0 aliphatic carbocycles. The fraction of sp³-hybridized carbons (Fsp3) is 0.133. The Balaban J connectivity index is 1.80. The summed E-state index contributed by atoms with van der Waals surface area (Å²) in [6.07, 6.45) is 0.745. The van der Waals surface area contributed by atoms with Crippen LogP contribution in [0.2, 0.25) is 0 Å². The number of urea groups is 1. The summed E-state index contributed by atoms with van der Waals surface area (Å²) in [5.74, 6) is 0.121. The van der Waals surface area contributed by atoms with Gasteiger partial charge in [0, 0.05) is 22.8 Å². The number of halogens is 1. The molecule has 5 heteroatoms. The Bertz CT molecular complexity index is 602. The van der Waals surface area contributed by atoms with E-state index in [0.29, 0.717) is 12.2 Å². The van der Waals surface area contributed by atoms with Gasteiger partial charge in [0.25, 0.3) is 0 Å². The van der Waals surface area contributed by atoms with Gasteiger partial charge in [-0.05, 0) is 30.2 Å². The van der Waals surface area contributed by atoms with Gasteiger partial charge >= 0.3 is 6.03 Å². The van der Waals surface area contributed by atoms with Crippen molar-refractivity contribution in [3.05, 3.63) is 58.6 Å². The number of amides is 2. The Morgan fingerprint density at radius 3 is 2.70 bits per heavy atom. The second kappa shape index (κ2) is 6.96. The number of hydrogen-bond acceptors (Lipinski definition) is 2. The third-order valence-corrected chi connectivity index (χ3v) is 3.52. The van der Waals surface area contributed by atoms with Crippen LogP contribution in [0.3, 0.4) is 0 Å². The zero-order valence-electron chi connectivity index (χ0n) is 10.8. The summed E-state index contributed by atoms with van der Waals surface area (Å²) in [6.45, 7) is 0.535. The summed E-state index contributed by atoms with van der Waals surface area (Å²) in [6, 6.07) is 14.1. The van der Waals surface area contributed by atoms with Crippen LogP contribution in [0, 0.1) is 0 Å². The largest absolute Gasteiger partial charge is 0.508 e. The lowest BCUT2D eigenvalue weighted by Crippen LogP contribution is -2.30. The van der Waals surface area contributed by atoms with E-state index in [1.165, 1.54) is 6.07 Å². The average molecular weight is 335 g/mol. The van der Waals surface area contributed by atoms with E-state index in [0.717, 1.165) is 16.5 Å². The highest BCUT2D eigenvalue weighted by Gasteiger charge is 2.03. The summed E-state index contributed by atoms with van der Waals surface area (Å²) < 4.78 is 1.04. The number of nitrogens with one attached hydrogen (secondary N) is 2. The van der Waals surface area contributed by atoms with Crippen LogP contribution in [-0.4, -0.2) is 17.7 Å². The molecule has 104 valence electrons. The van der Waals surface area contributed by atoms with Gasteiger partial charge in [0.2, 0.25) is 0 Å². The number of aromatic hydroxyl groups is 1. The predicted molar refractivity (Wildman–Crippen MR) is 83.0 cm³/mol. The summed E-state index contributed by atoms with van der Waals surface area (Å²) in [5.41, 5.74) is 1.70. The van der Waals surface area contributed by atoms with E-state index >= 15 is 0 Å². The molecular formula is C15H15BrN2O2. The molecule has 0 atom stereocenters. The molecule has 0 aliphatic heterocycles. The predicted octanol–water partition coefficient (Wildman–Crippen LogP) is 3.52. The van der Waals surface area contributed by atoms with Crippen molar-refractivity contribution >= 4 is 27.6 Å². The zero-order chi connectivity index (χ0) is 14.4. The van der Waals surface area contributed by atoms with Crippen molar-refractivity contribution in [1.82, 2.24) is 5.32 Å². The molecule has 0 fully saturated rings. The maximum Gasteiger partial charge on any atom is 0.319 e. The quantitative estimate of drug-likeness (QED) is 0.801. The van der Waals surface area contributed by atoms with E-state index < -0.39 is 0 Å². The second-order valence-corrected chi connectivity index (χ2v) is 5.13. The highest BCUT2D eigenvalue weighted by molar-refractivity contribution is 9.10. The van der Waals surface area contributed by atoms with E-state index in [1.54, 1.807) is 18.2 Å². The molecular weight excluding hydrogens is 320 g/mol. The number of phenols is 1. The van der Waals surface area contributed by atoms with Crippen LogP contribution in [0.25, 0.3) is 0 Å². The van der Waals surface area contributed by atoms with Crippen LogP contribution >= 0.6 is 15.9 Å². The van der Waals surface area contributed by atoms with Gasteiger partial charge in [-0.15, -0.1) is 0 Å². The van der Waals surface area contributed by atoms with Crippen molar-refractivity contribution in [1.29, 1.82) is 0 Å². The van der Waals surface area contributed by atoms with Gasteiger partial charge in [0.05, 0.1) is 0 Å². The molecule has 0 aliphatic rings. The van der Waals surface area contributed by atoms with Crippen LogP contribution in [0.1, 0.15) is 5.56 Å². The third kappa shape index (κ3) is 4.28. The molecule has 2 aromatic rings. The third-order valence-electron chi connectivity index (χ3n) is 2.74. The number of benzene rings is 2. The van der Waals surface area contributed by atoms with Crippen LogP contribution in [0.4, 0.5) is 10.5 Å². The van der Waals surface area contributed by atoms with E-state index in [1.807, 2.05) is 24.3 Å². The van der Waals surface area contributed by atoms with Gasteiger partial charge < -0.3 is 15.7 Å². The standard InChI is InChI=1S/C15H15BrN2O2/c16-14-7-2-1-4-11(14)8-9-17-15(20)18-12-5-3-6-13(19)10-12/h1-7,10,19H,8-9H2,(H2,17,18,20). The van der Waals surface area contributed by atoms with Gasteiger partial charge in [-0.2, -0.15) is 0 Å². The van der Waals surface area contributed by atoms with Crippen molar-refractivity contribution in [2.45, 2.75) is 6.42 Å². The minimum atomic E-state index is -0.289. The Kier molecular flexibility index (Phi) is 5.01. The highest BCUT2D eigenvalue weighted by Crippen LogP contribution is 2.16. The van der Waals surface area contributed by atoms with Gasteiger partial charge in [0.1, 0.15) is 5.75 Å². The molecule has 0 radical (unpaired) electrons. The fourth-order valence-electron chi connectivity index (χ4n) is 1.77. The lowest BCUT2D eigenvalue weighted by Gasteiger charge is -2.08. The van der Waals surface area contributed by atoms with Crippen molar-refractivity contribution in [2.75, 3.05) is 11.9 Å². The first-order valence-corrected chi connectivity index (χ1v) is 7.02. The first kappa shape index (κ1) is 14.4. The van der Waals surface area contributed by atoms with Crippen LogP contribution < -0.4 is 10.6 Å². The molecule has 2 rings (SSSR count). The molecule has 2 amide bonds. The number of anilines is 1. The number of hydrogen-bond donors (Lipinski definition) is 3. The van der Waals surface area contributed by atoms with E-state index in [9.17, 15) is 9.90 Å². The zero-order valence-corrected chi connectivity index (χ0v) is 12.4. The van der Waals surface area contributed by atoms with Crippen molar-refractivity contribution in [3.8, 4) is 5.75 Å². The van der Waals surface area contributed by atoms with Crippen LogP contribution in [-0.2, 0) is 6.42 Å². The van der Waals surface area contributed by atoms with Crippen molar-refractivity contribution < 1.29 is 9.90 Å². The summed E-state index contributed by atoms with van der Waals surface area (Å²) in [5, 5.41) is 14.7. The topological polar surface area (TPSA) is 61.4 Å². The lowest BCUT2D eigenvalue weighted by molar-refractivity contribution is 0.252. The molecule has 20 heavy (non-hydrogen) atoms. The van der Waals surface area contributed by atoms with E-state index in [-0.39, 0.29) is 11.8 Å². The number of phenolic OH excluding ortho intramolecular Hbond substituents is 1. The van der Waals surface area contributed by atoms with E-state index in [2.05, 4.69) is 26.6 Å². The highest BCUT2D eigenvalue weighted by atomic mass is 79.9. The van der Waals surface area contributed by atoms with Crippen LogP contribution in [0.15, 0.2) is 53.0 Å². The summed E-state index contributed by atoms with van der Waals surface area (Å²) >= 11 is 3.47. The number of carbonyl (C=O) groups is 1. The molecule has 0 saturated carbocycles. The maximum atomic E-state index is 11.7. The van der Waals surface area contributed by atoms with Gasteiger partial charge in [0.15, 0.2) is 0 Å². The van der Waals surface area contributed by atoms with Crippen molar-refractivity contribution in [2.24, 2.45) is 0 Å². The minimum absolute atomic E-state index is 0.121. The maximum absolute atomic E-state index is 11.7. The smallest absolute Gasteiger partial charge is 0.319 e. The molecule has 0 bridgehead atoms. The van der Waals surface area contributed by atoms with E-state index in [4.69, 9.17) is 0 Å². The fourth-order valence-corrected chi connectivity index (χ4v) is 2.25. The van der Waals surface area contributed by atoms with Crippen molar-refractivity contribution in [3.63, 3.8) is 0 Å². The first-order chi connectivity index (χ1) is 9.65. The van der Waals surface area contributed by atoms with Crippen LogP contribution in [0.5, 0.6) is 5.75 Å². The van der Waals surface area contributed by atoms with Gasteiger partial charge in [-0.1, -0.05) is 40.2 Å². The molecule has 0 aromatic heterocycles. The minimum Gasteiger partial charge on any atom is -0.508 e. The summed E-state index contributed by atoms with van der Waals surface area (Å²) in [7, 11) is 0. The Labute approximate surface area is 126 Å². The summed E-state index contributed by atoms with van der Waals surface area (Å²) in [4.78, 5) is 11.7. The monoisotopic (exact) mass is 334 g/mol. The normalized spacial score (nSPS) is 10.1.